The zero-order valence-electron chi connectivity index (χ0n) is 13.5. The average molecular weight is 345 g/mol. The van der Waals surface area contributed by atoms with Crippen LogP contribution in [-0.4, -0.2) is 20.6 Å². The molecule has 1 N–H and O–H groups in total. The highest BCUT2D eigenvalue weighted by molar-refractivity contribution is 6.32. The number of pyridine rings is 1. The first kappa shape index (κ1) is 15.6. The minimum atomic E-state index is 0.0342. The number of nitrogens with one attached hydrogen (secondary N) is 1. The first-order chi connectivity index (χ1) is 11.7. The van der Waals surface area contributed by atoms with Gasteiger partial charge in [0.15, 0.2) is 0 Å². The summed E-state index contributed by atoms with van der Waals surface area (Å²) >= 11 is 6.32. The highest BCUT2D eigenvalue weighted by Gasteiger charge is 2.25. The summed E-state index contributed by atoms with van der Waals surface area (Å²) in [5.74, 6) is 0.616. The maximum Gasteiger partial charge on any atom is 0.250 e. The van der Waals surface area contributed by atoms with Crippen molar-refractivity contribution in [2.45, 2.75) is 57.0 Å². The zero-order chi connectivity index (χ0) is 16.5. The smallest absolute Gasteiger partial charge is 0.250 e. The van der Waals surface area contributed by atoms with E-state index in [2.05, 4.69) is 15.3 Å². The van der Waals surface area contributed by atoms with E-state index in [0.29, 0.717) is 28.7 Å². The van der Waals surface area contributed by atoms with Gasteiger partial charge in [0.2, 0.25) is 5.95 Å². The summed E-state index contributed by atoms with van der Waals surface area (Å²) < 4.78 is 1.79. The fraction of sp³-hybridized carbons (Fsp3) is 0.500. The molecule has 0 aromatic carbocycles. The lowest BCUT2D eigenvalue weighted by atomic mass is 9.96. The number of aromatic nitrogens is 3. The molecule has 0 bridgehead atoms. The molecule has 2 heterocycles. The summed E-state index contributed by atoms with van der Waals surface area (Å²) in [6, 6.07) is 4.16. The van der Waals surface area contributed by atoms with Crippen molar-refractivity contribution in [1.82, 2.24) is 14.5 Å². The largest absolute Gasteiger partial charge is 0.351 e. The van der Waals surface area contributed by atoms with Crippen LogP contribution >= 0.6 is 11.6 Å². The first-order valence-electron chi connectivity index (χ1n) is 8.72. The Balaban J connectivity index is 1.63. The van der Waals surface area contributed by atoms with Crippen molar-refractivity contribution in [2.75, 3.05) is 5.32 Å². The van der Waals surface area contributed by atoms with E-state index in [1.54, 1.807) is 22.9 Å². The van der Waals surface area contributed by atoms with Crippen LogP contribution in [0.4, 0.5) is 5.95 Å². The zero-order valence-corrected chi connectivity index (χ0v) is 14.3. The fourth-order valence-corrected chi connectivity index (χ4v) is 3.55. The van der Waals surface area contributed by atoms with Gasteiger partial charge in [-0.3, -0.25) is 4.79 Å². The minimum Gasteiger partial charge on any atom is -0.351 e. The number of hydrogen-bond acceptors (Lipinski definition) is 4. The van der Waals surface area contributed by atoms with Gasteiger partial charge in [-0.25, -0.2) is 9.97 Å². The van der Waals surface area contributed by atoms with E-state index in [9.17, 15) is 4.79 Å². The van der Waals surface area contributed by atoms with Gasteiger partial charge in [0, 0.05) is 29.9 Å². The molecule has 0 spiro atoms. The molecule has 2 aromatic heterocycles. The summed E-state index contributed by atoms with van der Waals surface area (Å²) in [5, 5.41) is 3.93. The van der Waals surface area contributed by atoms with Crippen LogP contribution in [0.25, 0.3) is 11.3 Å². The third-order valence-corrected chi connectivity index (χ3v) is 5.11. The molecular weight excluding hydrogens is 324 g/mol. The van der Waals surface area contributed by atoms with Gasteiger partial charge < -0.3 is 9.88 Å². The first-order valence-corrected chi connectivity index (χ1v) is 9.10. The van der Waals surface area contributed by atoms with Crippen molar-refractivity contribution in [3.05, 3.63) is 39.9 Å². The lowest BCUT2D eigenvalue weighted by molar-refractivity contribution is 0.461. The third kappa shape index (κ3) is 3.31. The SMILES string of the molecule is O=c1ccc(-c2nc(NC3CCCCC3)ncc2Cl)cn1C1CC1. The lowest BCUT2D eigenvalue weighted by Crippen LogP contribution is -2.23. The van der Waals surface area contributed by atoms with Crippen LogP contribution in [0.15, 0.2) is 29.3 Å². The van der Waals surface area contributed by atoms with E-state index in [4.69, 9.17) is 11.6 Å². The standard InChI is InChI=1S/C18H21ClN4O/c19-15-10-20-18(21-13-4-2-1-3-5-13)22-17(15)12-6-9-16(24)23(11-12)14-7-8-14/h6,9-11,13-14H,1-5,7-8H2,(H,20,21,22). The maximum atomic E-state index is 12.0. The molecule has 126 valence electrons. The highest BCUT2D eigenvalue weighted by Crippen LogP contribution is 2.35. The van der Waals surface area contributed by atoms with Crippen LogP contribution in [-0.2, 0) is 0 Å². The summed E-state index contributed by atoms with van der Waals surface area (Å²) in [6.45, 7) is 0. The summed E-state index contributed by atoms with van der Waals surface area (Å²) in [4.78, 5) is 20.9. The summed E-state index contributed by atoms with van der Waals surface area (Å²) in [5.41, 5.74) is 1.58. The number of anilines is 1. The predicted octanol–water partition coefficient (Wildman–Crippen LogP) is 4.04. The van der Waals surface area contributed by atoms with E-state index >= 15 is 0 Å². The van der Waals surface area contributed by atoms with Gasteiger partial charge in [-0.15, -0.1) is 0 Å². The second-order valence-corrected chi connectivity index (χ2v) is 7.17. The summed E-state index contributed by atoms with van der Waals surface area (Å²) in [7, 11) is 0. The van der Waals surface area contributed by atoms with E-state index in [1.807, 2.05) is 6.20 Å². The van der Waals surface area contributed by atoms with E-state index in [1.165, 1.54) is 19.3 Å². The van der Waals surface area contributed by atoms with Gasteiger partial charge in [-0.05, 0) is 31.7 Å². The molecule has 2 saturated carbocycles. The van der Waals surface area contributed by atoms with Gasteiger partial charge in [0.25, 0.3) is 5.56 Å². The molecule has 2 fully saturated rings. The molecule has 2 aliphatic rings. The molecule has 0 aliphatic heterocycles. The van der Waals surface area contributed by atoms with Crippen molar-refractivity contribution in [3.63, 3.8) is 0 Å². The molecule has 24 heavy (non-hydrogen) atoms. The van der Waals surface area contributed by atoms with Crippen LogP contribution in [0.3, 0.4) is 0 Å². The van der Waals surface area contributed by atoms with E-state index < -0.39 is 0 Å². The second kappa shape index (κ2) is 6.55. The van der Waals surface area contributed by atoms with Crippen molar-refractivity contribution < 1.29 is 0 Å². The van der Waals surface area contributed by atoms with Crippen LogP contribution in [0.2, 0.25) is 5.02 Å². The molecule has 2 aromatic rings. The Kier molecular flexibility index (Phi) is 4.27. The molecule has 0 saturated heterocycles. The quantitative estimate of drug-likeness (QED) is 0.909. The van der Waals surface area contributed by atoms with Crippen LogP contribution < -0.4 is 10.9 Å². The van der Waals surface area contributed by atoms with Gasteiger partial charge in [-0.2, -0.15) is 0 Å². The van der Waals surface area contributed by atoms with Crippen LogP contribution in [0, 0.1) is 0 Å². The fourth-order valence-electron chi connectivity index (χ4n) is 3.35. The molecule has 5 nitrogen and oxygen atoms in total. The van der Waals surface area contributed by atoms with Crippen molar-refractivity contribution in [1.29, 1.82) is 0 Å². The maximum absolute atomic E-state index is 12.0. The van der Waals surface area contributed by atoms with Gasteiger partial charge in [-0.1, -0.05) is 30.9 Å². The Morgan fingerprint density at radius 1 is 1.12 bits per heavy atom. The Hall–Kier alpha value is -1.88. The lowest BCUT2D eigenvalue weighted by Gasteiger charge is -2.22. The third-order valence-electron chi connectivity index (χ3n) is 4.83. The topological polar surface area (TPSA) is 59.8 Å². The molecular formula is C18H21ClN4O. The minimum absolute atomic E-state index is 0.0342. The number of halogens is 1. The van der Waals surface area contributed by atoms with Crippen molar-refractivity contribution >= 4 is 17.5 Å². The van der Waals surface area contributed by atoms with Gasteiger partial charge in [0.05, 0.1) is 16.9 Å². The summed E-state index contributed by atoms with van der Waals surface area (Å²) in [6.07, 6.45) is 11.8. The van der Waals surface area contributed by atoms with Gasteiger partial charge >= 0.3 is 0 Å². The van der Waals surface area contributed by atoms with Gasteiger partial charge in [0.1, 0.15) is 0 Å². The molecule has 2 aliphatic carbocycles. The predicted molar refractivity (Wildman–Crippen MR) is 95.5 cm³/mol. The normalized spacial score (nSPS) is 18.5. The molecule has 0 radical (unpaired) electrons. The van der Waals surface area contributed by atoms with Crippen molar-refractivity contribution in [2.24, 2.45) is 0 Å². The molecule has 0 atom stereocenters. The average Bonchev–Trinajstić information content (AvgIpc) is 3.43. The van der Waals surface area contributed by atoms with Crippen LogP contribution in [0.5, 0.6) is 0 Å². The number of nitrogens with zero attached hydrogens (tertiary/aromatic N) is 3. The highest BCUT2D eigenvalue weighted by atomic mass is 35.5. The molecule has 0 amide bonds. The van der Waals surface area contributed by atoms with E-state index in [-0.39, 0.29) is 5.56 Å². The van der Waals surface area contributed by atoms with Crippen LogP contribution in [0.1, 0.15) is 51.0 Å². The second-order valence-electron chi connectivity index (χ2n) is 6.76. The monoisotopic (exact) mass is 344 g/mol. The Morgan fingerprint density at radius 3 is 2.67 bits per heavy atom. The number of rotatable bonds is 4. The molecule has 4 rings (SSSR count). The molecule has 0 unspecified atom stereocenters. The Morgan fingerprint density at radius 2 is 1.92 bits per heavy atom. The van der Waals surface area contributed by atoms with Crippen molar-refractivity contribution in [3.8, 4) is 11.3 Å². The Bertz CT molecular complexity index is 794. The Labute approximate surface area is 146 Å². The number of hydrogen-bond donors (Lipinski definition) is 1. The molecule has 6 heteroatoms. The van der Waals surface area contributed by atoms with E-state index in [0.717, 1.165) is 31.2 Å².